The summed E-state index contributed by atoms with van der Waals surface area (Å²) < 4.78 is 10.8. The molecule has 2 rings (SSSR count). The number of methoxy groups -OCH3 is 1. The van der Waals surface area contributed by atoms with E-state index in [1.165, 1.54) is 19.6 Å². The Hall–Kier alpha value is -3.01. The van der Waals surface area contributed by atoms with Crippen molar-refractivity contribution in [1.82, 2.24) is 10.6 Å². The van der Waals surface area contributed by atoms with Gasteiger partial charge in [0, 0.05) is 12.6 Å². The molecule has 7 heteroatoms. The average molecular weight is 399 g/mol. The van der Waals surface area contributed by atoms with E-state index in [2.05, 4.69) is 17.6 Å². The maximum Gasteiger partial charge on any atom is 0.262 e. The summed E-state index contributed by atoms with van der Waals surface area (Å²) in [6, 6.07) is 7.12. The molecule has 0 aliphatic heterocycles. The number of hydrogen-bond acceptors (Lipinski definition) is 5. The van der Waals surface area contributed by atoms with E-state index < -0.39 is 0 Å². The van der Waals surface area contributed by atoms with Gasteiger partial charge in [0.05, 0.1) is 7.11 Å². The molecule has 156 valence electrons. The Bertz CT molecular complexity index is 798. The third-order valence-electron chi connectivity index (χ3n) is 5.02. The van der Waals surface area contributed by atoms with Crippen LogP contribution in [0.5, 0.6) is 11.5 Å². The summed E-state index contributed by atoms with van der Waals surface area (Å²) in [6.07, 6.45) is 5.83. The molecule has 1 fully saturated rings. The van der Waals surface area contributed by atoms with Crippen LogP contribution in [0.3, 0.4) is 0 Å². The van der Waals surface area contributed by atoms with Crippen molar-refractivity contribution in [3.05, 3.63) is 29.3 Å². The van der Waals surface area contributed by atoms with Gasteiger partial charge in [-0.25, -0.2) is 0 Å². The zero-order valence-electron chi connectivity index (χ0n) is 17.3. The van der Waals surface area contributed by atoms with Gasteiger partial charge >= 0.3 is 0 Å². The van der Waals surface area contributed by atoms with Crippen molar-refractivity contribution in [1.29, 1.82) is 5.26 Å². The molecule has 0 saturated heterocycles. The first-order chi connectivity index (χ1) is 14.0. The van der Waals surface area contributed by atoms with E-state index >= 15 is 0 Å². The summed E-state index contributed by atoms with van der Waals surface area (Å²) in [4.78, 5) is 24.1. The fourth-order valence-corrected chi connectivity index (χ4v) is 3.38. The molecular weight excluding hydrogens is 370 g/mol. The second-order valence-electron chi connectivity index (χ2n) is 7.16. The van der Waals surface area contributed by atoms with Crippen molar-refractivity contribution in [2.24, 2.45) is 5.92 Å². The number of nitrogens with zero attached hydrogens (tertiary/aromatic N) is 1. The number of rotatable bonds is 8. The standard InChI is InChI=1S/C22H29N3O4/c1-4-24-21(26)14-29-19-10-9-16(12-20(19)28-3)11-17(13-23)22(27)25-18-8-6-5-7-15(18)2/h9-12,15,18H,4-8,14H2,1-3H3,(H,24,26)(H,25,27). The molecule has 1 aliphatic rings. The number of ether oxygens (including phenoxy) is 2. The van der Waals surface area contributed by atoms with E-state index in [4.69, 9.17) is 9.47 Å². The largest absolute Gasteiger partial charge is 0.493 e. The zero-order chi connectivity index (χ0) is 21.2. The molecule has 1 saturated carbocycles. The summed E-state index contributed by atoms with van der Waals surface area (Å²) in [5, 5.41) is 15.1. The molecule has 29 heavy (non-hydrogen) atoms. The van der Waals surface area contributed by atoms with Crippen LogP contribution in [-0.4, -0.2) is 38.1 Å². The lowest BCUT2D eigenvalue weighted by Crippen LogP contribution is -2.41. The topological polar surface area (TPSA) is 100 Å². The van der Waals surface area contributed by atoms with E-state index in [0.717, 1.165) is 19.3 Å². The highest BCUT2D eigenvalue weighted by molar-refractivity contribution is 6.01. The molecule has 1 aromatic carbocycles. The van der Waals surface area contributed by atoms with Gasteiger partial charge in [0.15, 0.2) is 18.1 Å². The number of benzene rings is 1. The summed E-state index contributed by atoms with van der Waals surface area (Å²) in [6.45, 7) is 4.37. The highest BCUT2D eigenvalue weighted by Crippen LogP contribution is 2.29. The summed E-state index contributed by atoms with van der Waals surface area (Å²) in [5.74, 6) is 0.659. The number of amides is 2. The Morgan fingerprint density at radius 2 is 2.03 bits per heavy atom. The Labute approximate surface area is 172 Å². The quantitative estimate of drug-likeness (QED) is 0.517. The molecule has 2 atom stereocenters. The Kier molecular flexibility index (Phi) is 8.53. The monoisotopic (exact) mass is 399 g/mol. The van der Waals surface area contributed by atoms with E-state index in [9.17, 15) is 14.9 Å². The maximum absolute atomic E-state index is 12.6. The normalized spacial score (nSPS) is 19.0. The number of nitrogens with one attached hydrogen (secondary N) is 2. The third-order valence-corrected chi connectivity index (χ3v) is 5.02. The van der Waals surface area contributed by atoms with Crippen molar-refractivity contribution in [3.63, 3.8) is 0 Å². The van der Waals surface area contributed by atoms with E-state index in [1.807, 2.05) is 13.0 Å². The minimum atomic E-state index is -0.359. The lowest BCUT2D eigenvalue weighted by atomic mass is 9.86. The van der Waals surface area contributed by atoms with Crippen LogP contribution in [0.4, 0.5) is 0 Å². The lowest BCUT2D eigenvalue weighted by Gasteiger charge is -2.29. The number of carbonyl (C=O) groups excluding carboxylic acids is 2. The van der Waals surface area contributed by atoms with E-state index in [0.29, 0.717) is 29.5 Å². The zero-order valence-corrected chi connectivity index (χ0v) is 17.3. The molecule has 0 heterocycles. The lowest BCUT2D eigenvalue weighted by molar-refractivity contribution is -0.123. The summed E-state index contributed by atoms with van der Waals surface area (Å²) >= 11 is 0. The molecule has 1 aliphatic carbocycles. The SMILES string of the molecule is CCNC(=O)COc1ccc(C=C(C#N)C(=O)NC2CCCCC2C)cc1OC. The molecule has 1 aromatic rings. The van der Waals surface area contributed by atoms with Crippen molar-refractivity contribution in [3.8, 4) is 17.6 Å². The van der Waals surface area contributed by atoms with Gasteiger partial charge in [0.25, 0.3) is 11.8 Å². The van der Waals surface area contributed by atoms with Crippen molar-refractivity contribution < 1.29 is 19.1 Å². The summed E-state index contributed by atoms with van der Waals surface area (Å²) in [7, 11) is 1.49. The minimum absolute atomic E-state index is 0.0424. The predicted octanol–water partition coefficient (Wildman–Crippen LogP) is 2.81. The van der Waals surface area contributed by atoms with Crippen LogP contribution in [0.15, 0.2) is 23.8 Å². The molecule has 2 N–H and O–H groups in total. The number of carbonyl (C=O) groups is 2. The van der Waals surface area contributed by atoms with Gasteiger partial charge in [0.1, 0.15) is 11.6 Å². The first-order valence-corrected chi connectivity index (χ1v) is 9.98. The van der Waals surface area contributed by atoms with Gasteiger partial charge in [-0.15, -0.1) is 0 Å². The van der Waals surface area contributed by atoms with Crippen LogP contribution in [0, 0.1) is 17.2 Å². The molecular formula is C22H29N3O4. The predicted molar refractivity (Wildman–Crippen MR) is 110 cm³/mol. The number of likely N-dealkylation sites (N-methyl/N-ethyl adjacent to an activating group) is 1. The van der Waals surface area contributed by atoms with Gasteiger partial charge in [-0.3, -0.25) is 9.59 Å². The fourth-order valence-electron chi connectivity index (χ4n) is 3.38. The fraction of sp³-hybridized carbons (Fsp3) is 0.500. The average Bonchev–Trinajstić information content (AvgIpc) is 2.72. The van der Waals surface area contributed by atoms with Gasteiger partial charge in [-0.2, -0.15) is 5.26 Å². The minimum Gasteiger partial charge on any atom is -0.493 e. The van der Waals surface area contributed by atoms with Gasteiger partial charge in [-0.05, 0) is 49.5 Å². The van der Waals surface area contributed by atoms with Crippen LogP contribution in [0.2, 0.25) is 0 Å². The molecule has 2 amide bonds. The van der Waals surface area contributed by atoms with Crippen molar-refractivity contribution in [2.75, 3.05) is 20.3 Å². The molecule has 0 bridgehead atoms. The summed E-state index contributed by atoms with van der Waals surface area (Å²) in [5.41, 5.74) is 0.677. The van der Waals surface area contributed by atoms with Crippen molar-refractivity contribution >= 4 is 17.9 Å². The van der Waals surface area contributed by atoms with E-state index in [1.54, 1.807) is 18.2 Å². The highest BCUT2D eigenvalue weighted by Gasteiger charge is 2.24. The molecule has 0 spiro atoms. The first kappa shape index (κ1) is 22.3. The Morgan fingerprint density at radius 1 is 1.28 bits per heavy atom. The van der Waals surface area contributed by atoms with E-state index in [-0.39, 0.29) is 30.0 Å². The van der Waals surface area contributed by atoms with Gasteiger partial charge in [0.2, 0.25) is 0 Å². The highest BCUT2D eigenvalue weighted by atomic mass is 16.5. The third kappa shape index (κ3) is 6.53. The Morgan fingerprint density at radius 3 is 2.69 bits per heavy atom. The van der Waals surface area contributed by atoms with Crippen LogP contribution in [-0.2, 0) is 9.59 Å². The van der Waals surface area contributed by atoms with Crippen LogP contribution >= 0.6 is 0 Å². The second kappa shape index (κ2) is 11.1. The second-order valence-corrected chi connectivity index (χ2v) is 7.16. The van der Waals surface area contributed by atoms with Gasteiger partial charge < -0.3 is 20.1 Å². The van der Waals surface area contributed by atoms with Crippen LogP contribution < -0.4 is 20.1 Å². The Balaban J connectivity index is 2.10. The molecule has 7 nitrogen and oxygen atoms in total. The molecule has 0 radical (unpaired) electrons. The number of nitriles is 1. The van der Waals surface area contributed by atoms with Crippen LogP contribution in [0.25, 0.3) is 6.08 Å². The molecule has 0 aromatic heterocycles. The smallest absolute Gasteiger partial charge is 0.262 e. The maximum atomic E-state index is 12.6. The molecule has 2 unspecified atom stereocenters. The van der Waals surface area contributed by atoms with Crippen molar-refractivity contribution in [2.45, 2.75) is 45.6 Å². The first-order valence-electron chi connectivity index (χ1n) is 9.98. The number of hydrogen-bond donors (Lipinski definition) is 2. The van der Waals surface area contributed by atoms with Crippen LogP contribution in [0.1, 0.15) is 45.1 Å². The van der Waals surface area contributed by atoms with Gasteiger partial charge in [-0.1, -0.05) is 25.8 Å².